The number of piperidine rings is 1. The van der Waals surface area contributed by atoms with E-state index in [1.807, 2.05) is 48.5 Å². The molecule has 1 aliphatic heterocycles. The van der Waals surface area contributed by atoms with Gasteiger partial charge in [-0.05, 0) is 42.0 Å². The molecule has 1 unspecified atom stereocenters. The van der Waals surface area contributed by atoms with Crippen molar-refractivity contribution in [2.75, 3.05) is 11.9 Å². The van der Waals surface area contributed by atoms with Crippen LogP contribution in [0.1, 0.15) is 56.2 Å². The molecule has 4 heteroatoms. The second kappa shape index (κ2) is 8.17. The minimum absolute atomic E-state index is 0.0520. The maximum Gasteiger partial charge on any atom is 0.251 e. The molecule has 0 bridgehead atoms. The van der Waals surface area contributed by atoms with Crippen molar-refractivity contribution in [3.8, 4) is 0 Å². The predicted molar refractivity (Wildman–Crippen MR) is 104 cm³/mol. The lowest BCUT2D eigenvalue weighted by Crippen LogP contribution is -2.43. The first-order valence-electron chi connectivity index (χ1n) is 9.31. The molecule has 0 aliphatic carbocycles. The van der Waals surface area contributed by atoms with Crippen LogP contribution in [0.4, 0.5) is 5.69 Å². The minimum Gasteiger partial charge on any atom is -0.327 e. The fourth-order valence-corrected chi connectivity index (χ4v) is 3.39. The number of nitrogens with zero attached hydrogens (tertiary/aromatic N) is 1. The number of hydrogen-bond donors (Lipinski definition) is 1. The summed E-state index contributed by atoms with van der Waals surface area (Å²) in [7, 11) is 0. The largest absolute Gasteiger partial charge is 0.327 e. The highest BCUT2D eigenvalue weighted by atomic mass is 16.2. The lowest BCUT2D eigenvalue weighted by molar-refractivity contribution is -0.141. The highest BCUT2D eigenvalue weighted by Crippen LogP contribution is 2.27. The van der Waals surface area contributed by atoms with Gasteiger partial charge < -0.3 is 10.2 Å². The summed E-state index contributed by atoms with van der Waals surface area (Å²) in [5.74, 6) is 0.281. The molecule has 26 heavy (non-hydrogen) atoms. The average Bonchev–Trinajstić information content (AvgIpc) is 2.64. The van der Waals surface area contributed by atoms with Crippen LogP contribution in [0.5, 0.6) is 0 Å². The highest BCUT2D eigenvalue weighted by molar-refractivity contribution is 5.98. The Labute approximate surface area is 155 Å². The van der Waals surface area contributed by atoms with Gasteiger partial charge in [0.2, 0.25) is 5.91 Å². The topological polar surface area (TPSA) is 49.4 Å². The Balaban J connectivity index is 1.88. The smallest absolute Gasteiger partial charge is 0.251 e. The maximum absolute atomic E-state index is 13.1. The molecular formula is C22H26N2O2. The molecule has 1 N–H and O–H groups in total. The van der Waals surface area contributed by atoms with Crippen molar-refractivity contribution in [1.29, 1.82) is 0 Å². The molecule has 1 atom stereocenters. The van der Waals surface area contributed by atoms with E-state index in [-0.39, 0.29) is 11.8 Å². The van der Waals surface area contributed by atoms with E-state index in [4.69, 9.17) is 0 Å². The van der Waals surface area contributed by atoms with Crippen LogP contribution in [-0.4, -0.2) is 23.3 Å². The predicted octanol–water partition coefficient (Wildman–Crippen LogP) is 4.50. The molecular weight excluding hydrogens is 324 g/mol. The van der Waals surface area contributed by atoms with Gasteiger partial charge in [0.25, 0.3) is 5.91 Å². The molecule has 2 aromatic rings. The molecule has 1 saturated heterocycles. The monoisotopic (exact) mass is 350 g/mol. The van der Waals surface area contributed by atoms with Crippen LogP contribution in [0, 0.1) is 0 Å². The quantitative estimate of drug-likeness (QED) is 0.863. The van der Waals surface area contributed by atoms with Gasteiger partial charge in [0.15, 0.2) is 0 Å². The van der Waals surface area contributed by atoms with E-state index in [0.29, 0.717) is 18.9 Å². The van der Waals surface area contributed by atoms with Gasteiger partial charge in [-0.25, -0.2) is 0 Å². The maximum atomic E-state index is 13.1. The van der Waals surface area contributed by atoms with Gasteiger partial charge in [-0.1, -0.05) is 56.3 Å². The van der Waals surface area contributed by atoms with E-state index in [1.54, 1.807) is 4.90 Å². The van der Waals surface area contributed by atoms with E-state index in [1.165, 1.54) is 5.56 Å². The van der Waals surface area contributed by atoms with Crippen LogP contribution < -0.4 is 5.32 Å². The normalized spacial score (nSPS) is 15.8. The highest BCUT2D eigenvalue weighted by Gasteiger charge is 2.32. The number of benzene rings is 2. The van der Waals surface area contributed by atoms with Crippen molar-refractivity contribution in [3.05, 3.63) is 65.7 Å². The number of likely N-dealkylation sites (tertiary alicyclic amines) is 1. The summed E-state index contributed by atoms with van der Waals surface area (Å²) in [6.07, 6.45) is 2.35. The number of hydrogen-bond acceptors (Lipinski definition) is 2. The first kappa shape index (κ1) is 18.2. The molecule has 0 aromatic heterocycles. The zero-order chi connectivity index (χ0) is 18.5. The van der Waals surface area contributed by atoms with Crippen LogP contribution in [0.15, 0.2) is 54.6 Å². The third kappa shape index (κ3) is 4.13. The van der Waals surface area contributed by atoms with Crippen molar-refractivity contribution in [1.82, 2.24) is 4.90 Å². The lowest BCUT2D eigenvalue weighted by Gasteiger charge is -2.34. The molecule has 136 valence electrons. The van der Waals surface area contributed by atoms with Crippen LogP contribution in [0.3, 0.4) is 0 Å². The van der Waals surface area contributed by atoms with Crippen LogP contribution in [0.25, 0.3) is 0 Å². The third-order valence-electron chi connectivity index (χ3n) is 4.86. The van der Waals surface area contributed by atoms with Crippen molar-refractivity contribution in [2.24, 2.45) is 0 Å². The zero-order valence-corrected chi connectivity index (χ0v) is 15.4. The second-order valence-electron chi connectivity index (χ2n) is 7.13. The molecule has 2 aromatic carbocycles. The van der Waals surface area contributed by atoms with Gasteiger partial charge in [0.1, 0.15) is 6.04 Å². The number of amides is 2. The Hall–Kier alpha value is -2.62. The van der Waals surface area contributed by atoms with Crippen molar-refractivity contribution in [3.63, 3.8) is 0 Å². The molecule has 3 rings (SSSR count). The number of carbonyl (C=O) groups is 2. The van der Waals surface area contributed by atoms with Gasteiger partial charge in [-0.3, -0.25) is 9.59 Å². The van der Waals surface area contributed by atoms with Crippen molar-refractivity contribution < 1.29 is 9.59 Å². The zero-order valence-electron chi connectivity index (χ0n) is 15.4. The van der Waals surface area contributed by atoms with Gasteiger partial charge in [0, 0.05) is 18.7 Å². The molecule has 1 heterocycles. The number of nitrogens with one attached hydrogen (secondary N) is 1. The van der Waals surface area contributed by atoms with Crippen molar-refractivity contribution >= 4 is 17.5 Å². The number of anilines is 1. The Morgan fingerprint density at radius 2 is 1.73 bits per heavy atom. The van der Waals surface area contributed by atoms with Gasteiger partial charge in [-0.15, -0.1) is 0 Å². The van der Waals surface area contributed by atoms with Gasteiger partial charge >= 0.3 is 0 Å². The van der Waals surface area contributed by atoms with E-state index in [0.717, 1.165) is 24.1 Å². The number of carbonyl (C=O) groups excluding carboxylic acids is 2. The Bertz CT molecular complexity index is 771. The molecule has 1 aliphatic rings. The van der Waals surface area contributed by atoms with Crippen LogP contribution in [-0.2, 0) is 9.59 Å². The van der Waals surface area contributed by atoms with E-state index in [2.05, 4.69) is 25.2 Å². The Morgan fingerprint density at radius 1 is 1.00 bits per heavy atom. The second-order valence-corrected chi connectivity index (χ2v) is 7.13. The minimum atomic E-state index is -0.591. The van der Waals surface area contributed by atoms with Crippen LogP contribution >= 0.6 is 0 Å². The van der Waals surface area contributed by atoms with E-state index >= 15 is 0 Å². The van der Waals surface area contributed by atoms with Gasteiger partial charge in [0.05, 0.1) is 0 Å². The first-order valence-corrected chi connectivity index (χ1v) is 9.31. The fourth-order valence-electron chi connectivity index (χ4n) is 3.39. The summed E-state index contributed by atoms with van der Waals surface area (Å²) in [5, 5.41) is 3.02. The standard InChI is InChI=1S/C22H26N2O2/c1-16(2)18-11-8-12-19(15-18)23-22(26)21(17-9-4-3-5-10-17)24-14-7-6-13-20(24)25/h3-5,8-12,15-16,21H,6-7,13-14H2,1-2H3,(H,23,26). The van der Waals surface area contributed by atoms with Crippen LogP contribution in [0.2, 0.25) is 0 Å². The SMILES string of the molecule is CC(C)c1cccc(NC(=O)C(c2ccccc2)N2CCCCC2=O)c1. The van der Waals surface area contributed by atoms with E-state index in [9.17, 15) is 9.59 Å². The van der Waals surface area contributed by atoms with E-state index < -0.39 is 6.04 Å². The van der Waals surface area contributed by atoms with Crippen molar-refractivity contribution in [2.45, 2.75) is 45.1 Å². The molecule has 0 saturated carbocycles. The average molecular weight is 350 g/mol. The summed E-state index contributed by atoms with van der Waals surface area (Å²) >= 11 is 0. The molecule has 4 nitrogen and oxygen atoms in total. The molecule has 2 amide bonds. The third-order valence-corrected chi connectivity index (χ3v) is 4.86. The summed E-state index contributed by atoms with van der Waals surface area (Å²) in [6.45, 7) is 4.87. The Morgan fingerprint density at radius 3 is 2.42 bits per heavy atom. The fraction of sp³-hybridized carbons (Fsp3) is 0.364. The molecule has 0 radical (unpaired) electrons. The van der Waals surface area contributed by atoms with Gasteiger partial charge in [-0.2, -0.15) is 0 Å². The first-order chi connectivity index (χ1) is 12.6. The Kier molecular flexibility index (Phi) is 5.71. The summed E-state index contributed by atoms with van der Waals surface area (Å²) in [4.78, 5) is 27.3. The lowest BCUT2D eigenvalue weighted by atomic mass is 10.00. The number of rotatable bonds is 5. The summed E-state index contributed by atoms with van der Waals surface area (Å²) < 4.78 is 0. The molecule has 0 spiro atoms. The summed E-state index contributed by atoms with van der Waals surface area (Å²) in [5.41, 5.74) is 2.79. The molecule has 1 fully saturated rings. The summed E-state index contributed by atoms with van der Waals surface area (Å²) in [6, 6.07) is 16.9.